The van der Waals surface area contributed by atoms with Crippen LogP contribution in [0.5, 0.6) is 5.75 Å². The van der Waals surface area contributed by atoms with Crippen LogP contribution in [-0.4, -0.2) is 13.2 Å². The summed E-state index contributed by atoms with van der Waals surface area (Å²) in [6.45, 7) is 5.56. The van der Waals surface area contributed by atoms with Gasteiger partial charge in [0.05, 0.1) is 13.2 Å². The van der Waals surface area contributed by atoms with E-state index in [1.54, 1.807) is 31.2 Å². The molecule has 1 atom stereocenters. The Hall–Kier alpha value is -1.09. The summed E-state index contributed by atoms with van der Waals surface area (Å²) in [7, 11) is -3.53. The normalized spacial score (nSPS) is 14.1. The van der Waals surface area contributed by atoms with E-state index in [4.69, 9.17) is 13.6 Å². The van der Waals surface area contributed by atoms with Gasteiger partial charge >= 0.3 is 7.82 Å². The monoisotopic (exact) mass is 242 g/mol. The van der Waals surface area contributed by atoms with Gasteiger partial charge in [0.1, 0.15) is 5.75 Å². The van der Waals surface area contributed by atoms with Gasteiger partial charge in [0, 0.05) is 0 Å². The number of hydrogen-bond donors (Lipinski definition) is 0. The molecule has 0 amide bonds. The molecule has 1 aromatic rings. The standard InChI is InChI=1S/C11H15O4P/c1-3-10-14-16(12,13-4-2)15-11-8-6-5-7-9-11/h3,5-9H,1,4,10H2,2H3. The van der Waals surface area contributed by atoms with Crippen molar-refractivity contribution in [2.45, 2.75) is 6.92 Å². The lowest BCUT2D eigenvalue weighted by Crippen LogP contribution is -2.02. The first kappa shape index (κ1) is 13.0. The Kier molecular flexibility index (Phi) is 5.26. The van der Waals surface area contributed by atoms with E-state index in [9.17, 15) is 4.57 Å². The maximum absolute atomic E-state index is 12.0. The minimum absolute atomic E-state index is 0.115. The summed E-state index contributed by atoms with van der Waals surface area (Å²) in [4.78, 5) is 0. The number of hydrogen-bond acceptors (Lipinski definition) is 4. The zero-order valence-electron chi connectivity index (χ0n) is 9.17. The van der Waals surface area contributed by atoms with Crippen LogP contribution in [0.2, 0.25) is 0 Å². The highest BCUT2D eigenvalue weighted by Crippen LogP contribution is 2.49. The molecule has 0 saturated heterocycles. The fourth-order valence-corrected chi connectivity index (χ4v) is 2.17. The largest absolute Gasteiger partial charge is 0.530 e. The van der Waals surface area contributed by atoms with E-state index in [-0.39, 0.29) is 13.2 Å². The van der Waals surface area contributed by atoms with Gasteiger partial charge in [-0.1, -0.05) is 24.3 Å². The Labute approximate surface area is 95.5 Å². The second-order valence-corrected chi connectivity index (χ2v) is 4.45. The summed E-state index contributed by atoms with van der Waals surface area (Å²) in [5.41, 5.74) is 0. The van der Waals surface area contributed by atoms with E-state index in [1.165, 1.54) is 6.08 Å². The molecule has 1 rings (SSSR count). The molecule has 5 heteroatoms. The molecule has 0 N–H and O–H groups in total. The SMILES string of the molecule is C=CCOP(=O)(OCC)Oc1ccccc1. The van der Waals surface area contributed by atoms with E-state index in [0.717, 1.165) is 0 Å². The summed E-state index contributed by atoms with van der Waals surface area (Å²) in [5, 5.41) is 0. The van der Waals surface area contributed by atoms with Crippen molar-refractivity contribution in [2.24, 2.45) is 0 Å². The summed E-state index contributed by atoms with van der Waals surface area (Å²) in [6, 6.07) is 8.76. The van der Waals surface area contributed by atoms with Gasteiger partial charge in [0.2, 0.25) is 0 Å². The van der Waals surface area contributed by atoms with Crippen LogP contribution in [0, 0.1) is 0 Å². The molecular formula is C11H15O4P. The Morgan fingerprint density at radius 2 is 2.00 bits per heavy atom. The molecule has 0 aliphatic heterocycles. The molecule has 1 aromatic carbocycles. The maximum atomic E-state index is 12.0. The molecule has 0 spiro atoms. The van der Waals surface area contributed by atoms with E-state index in [0.29, 0.717) is 5.75 Å². The van der Waals surface area contributed by atoms with Crippen molar-refractivity contribution in [3.63, 3.8) is 0 Å². The van der Waals surface area contributed by atoms with E-state index < -0.39 is 7.82 Å². The molecule has 88 valence electrons. The van der Waals surface area contributed by atoms with Crippen molar-refractivity contribution in [1.29, 1.82) is 0 Å². The second-order valence-electron chi connectivity index (χ2n) is 2.85. The van der Waals surface area contributed by atoms with Crippen molar-refractivity contribution in [2.75, 3.05) is 13.2 Å². The number of para-hydroxylation sites is 1. The fraction of sp³-hybridized carbons (Fsp3) is 0.273. The van der Waals surface area contributed by atoms with Crippen LogP contribution >= 0.6 is 7.82 Å². The minimum atomic E-state index is -3.53. The Bertz CT molecular complexity index is 364. The van der Waals surface area contributed by atoms with Gasteiger partial charge in [-0.3, -0.25) is 9.05 Å². The van der Waals surface area contributed by atoms with E-state index in [2.05, 4.69) is 6.58 Å². The summed E-state index contributed by atoms with van der Waals surface area (Å²) in [5.74, 6) is 0.448. The number of rotatable bonds is 7. The maximum Gasteiger partial charge on any atom is 0.530 e. The molecule has 4 nitrogen and oxygen atoms in total. The molecule has 0 aliphatic rings. The first-order chi connectivity index (χ1) is 7.70. The Morgan fingerprint density at radius 1 is 1.31 bits per heavy atom. The third kappa shape index (κ3) is 4.19. The lowest BCUT2D eigenvalue weighted by Gasteiger charge is -2.16. The molecule has 16 heavy (non-hydrogen) atoms. The third-order valence-corrected chi connectivity index (χ3v) is 3.07. The molecule has 0 heterocycles. The summed E-state index contributed by atoms with van der Waals surface area (Å²) < 4.78 is 27.2. The van der Waals surface area contributed by atoms with Gasteiger partial charge in [-0.2, -0.15) is 0 Å². The summed E-state index contributed by atoms with van der Waals surface area (Å²) in [6.07, 6.45) is 1.49. The van der Waals surface area contributed by atoms with Crippen LogP contribution < -0.4 is 4.52 Å². The predicted molar refractivity (Wildman–Crippen MR) is 62.5 cm³/mol. The van der Waals surface area contributed by atoms with Crippen molar-refractivity contribution in [3.05, 3.63) is 43.0 Å². The van der Waals surface area contributed by atoms with Crippen molar-refractivity contribution in [1.82, 2.24) is 0 Å². The van der Waals surface area contributed by atoms with Gasteiger partial charge in [-0.25, -0.2) is 4.57 Å². The van der Waals surface area contributed by atoms with Crippen LogP contribution in [0.4, 0.5) is 0 Å². The van der Waals surface area contributed by atoms with E-state index in [1.807, 2.05) is 6.07 Å². The van der Waals surface area contributed by atoms with Crippen LogP contribution in [0.15, 0.2) is 43.0 Å². The van der Waals surface area contributed by atoms with Crippen molar-refractivity contribution >= 4 is 7.82 Å². The topological polar surface area (TPSA) is 44.8 Å². The minimum Gasteiger partial charge on any atom is -0.404 e. The average Bonchev–Trinajstić information content (AvgIpc) is 2.28. The van der Waals surface area contributed by atoms with Crippen LogP contribution in [0.3, 0.4) is 0 Å². The number of phosphoric ester groups is 1. The molecule has 0 aromatic heterocycles. The highest BCUT2D eigenvalue weighted by molar-refractivity contribution is 7.48. The highest BCUT2D eigenvalue weighted by atomic mass is 31.2. The van der Waals surface area contributed by atoms with E-state index >= 15 is 0 Å². The zero-order valence-corrected chi connectivity index (χ0v) is 10.1. The molecule has 0 fully saturated rings. The first-order valence-electron chi connectivity index (χ1n) is 4.95. The predicted octanol–water partition coefficient (Wildman–Crippen LogP) is 3.41. The quantitative estimate of drug-likeness (QED) is 0.543. The molecule has 0 radical (unpaired) electrons. The average molecular weight is 242 g/mol. The highest BCUT2D eigenvalue weighted by Gasteiger charge is 2.27. The molecule has 1 unspecified atom stereocenters. The van der Waals surface area contributed by atoms with Gasteiger partial charge < -0.3 is 4.52 Å². The van der Waals surface area contributed by atoms with Crippen LogP contribution in [0.1, 0.15) is 6.92 Å². The third-order valence-electron chi connectivity index (χ3n) is 1.60. The number of benzene rings is 1. The lowest BCUT2D eigenvalue weighted by atomic mass is 10.3. The summed E-state index contributed by atoms with van der Waals surface area (Å²) >= 11 is 0. The Balaban J connectivity index is 2.70. The van der Waals surface area contributed by atoms with Crippen LogP contribution in [0.25, 0.3) is 0 Å². The first-order valence-corrected chi connectivity index (χ1v) is 6.41. The molecular weight excluding hydrogens is 227 g/mol. The molecule has 0 bridgehead atoms. The van der Waals surface area contributed by atoms with Crippen molar-refractivity contribution < 1.29 is 18.1 Å². The number of phosphoric acid groups is 1. The van der Waals surface area contributed by atoms with Gasteiger partial charge in [-0.15, -0.1) is 6.58 Å². The van der Waals surface area contributed by atoms with Gasteiger partial charge in [0.25, 0.3) is 0 Å². The fourth-order valence-electron chi connectivity index (χ4n) is 1.00. The Morgan fingerprint density at radius 3 is 2.56 bits per heavy atom. The second kappa shape index (κ2) is 6.48. The van der Waals surface area contributed by atoms with Crippen LogP contribution in [-0.2, 0) is 13.6 Å². The molecule has 0 aliphatic carbocycles. The molecule has 0 saturated carbocycles. The smallest absolute Gasteiger partial charge is 0.404 e. The van der Waals surface area contributed by atoms with Gasteiger partial charge in [-0.05, 0) is 19.1 Å². The van der Waals surface area contributed by atoms with Crippen molar-refractivity contribution in [3.8, 4) is 5.75 Å². The lowest BCUT2D eigenvalue weighted by molar-refractivity contribution is 0.174. The van der Waals surface area contributed by atoms with Gasteiger partial charge in [0.15, 0.2) is 0 Å². The zero-order chi connectivity index (χ0) is 11.9.